The summed E-state index contributed by atoms with van der Waals surface area (Å²) >= 11 is 0. The van der Waals surface area contributed by atoms with Gasteiger partial charge in [0.15, 0.2) is 5.78 Å². The van der Waals surface area contributed by atoms with Crippen molar-refractivity contribution >= 4 is 17.7 Å². The molecule has 0 aromatic rings. The van der Waals surface area contributed by atoms with Crippen LogP contribution in [-0.4, -0.2) is 40.9 Å². The van der Waals surface area contributed by atoms with E-state index in [2.05, 4.69) is 5.32 Å². The standard InChI is InChI=1S/C8H8N4O3/c1-4(13)8(12-3-5(12)2-9)6(14)10-7(15)11-8/h5H,3H2,1H3,(H2,10,11,14,15). The lowest BCUT2D eigenvalue weighted by Gasteiger charge is -2.23. The average Bonchev–Trinajstić information content (AvgIpc) is 2.86. The molecular formula is C8H8N4O3. The minimum Gasteiger partial charge on any atom is -0.305 e. The predicted molar refractivity (Wildman–Crippen MR) is 46.2 cm³/mol. The van der Waals surface area contributed by atoms with Crippen molar-refractivity contribution in [3.8, 4) is 6.07 Å². The lowest BCUT2D eigenvalue weighted by Crippen LogP contribution is -2.59. The van der Waals surface area contributed by atoms with Crippen LogP contribution in [0.1, 0.15) is 6.92 Å². The van der Waals surface area contributed by atoms with Crippen LogP contribution in [-0.2, 0) is 9.59 Å². The molecule has 3 amide bonds. The van der Waals surface area contributed by atoms with Crippen molar-refractivity contribution in [1.29, 1.82) is 5.26 Å². The molecule has 0 saturated carbocycles. The molecule has 7 nitrogen and oxygen atoms in total. The molecule has 2 N–H and O–H groups in total. The number of urea groups is 1. The van der Waals surface area contributed by atoms with Gasteiger partial charge in [-0.1, -0.05) is 0 Å². The summed E-state index contributed by atoms with van der Waals surface area (Å²) in [6.45, 7) is 1.52. The van der Waals surface area contributed by atoms with Gasteiger partial charge in [0, 0.05) is 6.54 Å². The molecule has 3 atom stereocenters. The Morgan fingerprint density at radius 2 is 2.33 bits per heavy atom. The van der Waals surface area contributed by atoms with Gasteiger partial charge in [0.25, 0.3) is 5.91 Å². The molecule has 0 radical (unpaired) electrons. The number of amides is 3. The van der Waals surface area contributed by atoms with Crippen LogP contribution in [0.5, 0.6) is 0 Å². The summed E-state index contributed by atoms with van der Waals surface area (Å²) < 4.78 is 0. The van der Waals surface area contributed by atoms with Crippen LogP contribution >= 0.6 is 0 Å². The Balaban J connectivity index is 2.35. The van der Waals surface area contributed by atoms with Crippen molar-refractivity contribution in [2.75, 3.05) is 6.54 Å². The summed E-state index contributed by atoms with van der Waals surface area (Å²) in [6, 6.07) is 0.726. The van der Waals surface area contributed by atoms with Crippen LogP contribution in [0.3, 0.4) is 0 Å². The highest BCUT2D eigenvalue weighted by atomic mass is 16.2. The fourth-order valence-corrected chi connectivity index (χ4v) is 1.72. The van der Waals surface area contributed by atoms with E-state index in [-0.39, 0.29) is 0 Å². The van der Waals surface area contributed by atoms with Crippen LogP contribution < -0.4 is 10.6 Å². The SMILES string of the molecule is CC(=O)C1(N2CC2C#N)NC(=O)NC1=O. The Hall–Kier alpha value is -1.94. The molecule has 2 aliphatic heterocycles. The van der Waals surface area contributed by atoms with Crippen molar-refractivity contribution in [3.05, 3.63) is 0 Å². The molecule has 3 unspecified atom stereocenters. The van der Waals surface area contributed by atoms with Crippen molar-refractivity contribution in [2.24, 2.45) is 0 Å². The van der Waals surface area contributed by atoms with Gasteiger partial charge < -0.3 is 5.32 Å². The maximum Gasteiger partial charge on any atom is 0.323 e. The van der Waals surface area contributed by atoms with Crippen LogP contribution in [0.15, 0.2) is 0 Å². The van der Waals surface area contributed by atoms with E-state index in [1.165, 1.54) is 11.8 Å². The van der Waals surface area contributed by atoms with Gasteiger partial charge in [-0.05, 0) is 6.92 Å². The number of ketones is 1. The predicted octanol–water partition coefficient (Wildman–Crippen LogP) is -1.68. The second-order valence-corrected chi connectivity index (χ2v) is 3.47. The average molecular weight is 208 g/mol. The number of nitrogens with zero attached hydrogens (tertiary/aromatic N) is 2. The third kappa shape index (κ3) is 1.12. The third-order valence-corrected chi connectivity index (χ3v) is 2.55. The van der Waals surface area contributed by atoms with E-state index in [4.69, 9.17) is 5.26 Å². The van der Waals surface area contributed by atoms with E-state index in [1.807, 2.05) is 11.4 Å². The molecule has 0 aliphatic carbocycles. The first kappa shape index (κ1) is 9.61. The van der Waals surface area contributed by atoms with Gasteiger partial charge >= 0.3 is 6.03 Å². The molecule has 2 rings (SSSR count). The number of rotatable bonds is 2. The van der Waals surface area contributed by atoms with Gasteiger partial charge in [-0.3, -0.25) is 14.9 Å². The molecule has 2 saturated heterocycles. The van der Waals surface area contributed by atoms with E-state index in [1.54, 1.807) is 0 Å². The number of imide groups is 1. The first-order chi connectivity index (χ1) is 7.02. The second-order valence-electron chi connectivity index (χ2n) is 3.47. The molecule has 78 valence electrons. The van der Waals surface area contributed by atoms with Gasteiger partial charge in [0.1, 0.15) is 6.04 Å². The van der Waals surface area contributed by atoms with Gasteiger partial charge in [-0.2, -0.15) is 5.26 Å². The zero-order valence-electron chi connectivity index (χ0n) is 7.90. The molecular weight excluding hydrogens is 200 g/mol. The molecule has 2 aliphatic rings. The van der Waals surface area contributed by atoms with E-state index in [0.717, 1.165) is 0 Å². The number of carbonyl (C=O) groups excluding carboxylic acids is 3. The number of carbonyl (C=O) groups is 3. The Labute approximate surface area is 85.0 Å². The van der Waals surface area contributed by atoms with Gasteiger partial charge in [-0.15, -0.1) is 0 Å². The van der Waals surface area contributed by atoms with E-state index < -0.39 is 29.4 Å². The molecule has 15 heavy (non-hydrogen) atoms. The minimum absolute atomic E-state index is 0.309. The monoisotopic (exact) mass is 208 g/mol. The summed E-state index contributed by atoms with van der Waals surface area (Å²) in [7, 11) is 0. The molecule has 0 aromatic carbocycles. The molecule has 2 heterocycles. The third-order valence-electron chi connectivity index (χ3n) is 2.55. The van der Waals surface area contributed by atoms with Crippen molar-refractivity contribution in [1.82, 2.24) is 15.5 Å². The number of nitrogens with one attached hydrogen (secondary N) is 2. The van der Waals surface area contributed by atoms with Crippen LogP contribution in [0.25, 0.3) is 0 Å². The lowest BCUT2D eigenvalue weighted by atomic mass is 10.1. The van der Waals surface area contributed by atoms with Crippen LogP contribution in [0.4, 0.5) is 4.79 Å². The second kappa shape index (κ2) is 2.77. The Kier molecular flexibility index (Phi) is 1.78. The van der Waals surface area contributed by atoms with Gasteiger partial charge in [0.05, 0.1) is 6.07 Å². The summed E-state index contributed by atoms with van der Waals surface area (Å²) in [5.41, 5.74) is -1.67. The van der Waals surface area contributed by atoms with Gasteiger partial charge in [-0.25, -0.2) is 9.69 Å². The minimum atomic E-state index is -1.67. The number of Topliss-reactive ketones (excluding diaryl/α,β-unsaturated/α-hetero) is 1. The summed E-state index contributed by atoms with van der Waals surface area (Å²) in [6.07, 6.45) is 0. The van der Waals surface area contributed by atoms with E-state index in [9.17, 15) is 14.4 Å². The maximum atomic E-state index is 11.5. The molecule has 0 aromatic heterocycles. The van der Waals surface area contributed by atoms with Crippen molar-refractivity contribution in [3.63, 3.8) is 0 Å². The number of hydrogen-bond acceptors (Lipinski definition) is 5. The molecule has 2 fully saturated rings. The van der Waals surface area contributed by atoms with E-state index >= 15 is 0 Å². The Morgan fingerprint density at radius 3 is 2.67 bits per heavy atom. The topological polar surface area (TPSA) is 102 Å². The maximum absolute atomic E-state index is 11.5. The Bertz CT molecular complexity index is 413. The highest BCUT2D eigenvalue weighted by Gasteiger charge is 2.62. The number of hydrogen-bond donors (Lipinski definition) is 2. The lowest BCUT2D eigenvalue weighted by molar-refractivity contribution is -0.138. The first-order valence-corrected chi connectivity index (χ1v) is 4.33. The van der Waals surface area contributed by atoms with E-state index in [0.29, 0.717) is 6.54 Å². The smallest absolute Gasteiger partial charge is 0.305 e. The van der Waals surface area contributed by atoms with Gasteiger partial charge in [0.2, 0.25) is 5.66 Å². The zero-order valence-corrected chi connectivity index (χ0v) is 7.90. The first-order valence-electron chi connectivity index (χ1n) is 4.33. The molecule has 0 bridgehead atoms. The largest absolute Gasteiger partial charge is 0.323 e. The molecule has 0 spiro atoms. The van der Waals surface area contributed by atoms with Crippen LogP contribution in [0.2, 0.25) is 0 Å². The highest BCUT2D eigenvalue weighted by Crippen LogP contribution is 2.30. The summed E-state index contributed by atoms with van der Waals surface area (Å²) in [5.74, 6) is -1.21. The summed E-state index contributed by atoms with van der Waals surface area (Å²) in [5, 5.41) is 12.9. The fraction of sp³-hybridized carbons (Fsp3) is 0.500. The van der Waals surface area contributed by atoms with Crippen LogP contribution in [0, 0.1) is 11.3 Å². The van der Waals surface area contributed by atoms with Crippen molar-refractivity contribution in [2.45, 2.75) is 18.6 Å². The Morgan fingerprint density at radius 1 is 1.67 bits per heavy atom. The molecule has 7 heteroatoms. The zero-order chi connectivity index (χ0) is 11.2. The quantitative estimate of drug-likeness (QED) is 0.320. The number of nitriles is 1. The fourth-order valence-electron chi connectivity index (χ4n) is 1.72. The van der Waals surface area contributed by atoms with Crippen molar-refractivity contribution < 1.29 is 14.4 Å². The normalized spacial score (nSPS) is 37.9. The highest BCUT2D eigenvalue weighted by molar-refractivity contribution is 6.20. The summed E-state index contributed by atoms with van der Waals surface area (Å²) in [4.78, 5) is 35.3.